The van der Waals surface area contributed by atoms with Gasteiger partial charge in [-0.25, -0.2) is 9.97 Å². The van der Waals surface area contributed by atoms with Crippen molar-refractivity contribution in [3.05, 3.63) is 45.3 Å². The summed E-state index contributed by atoms with van der Waals surface area (Å²) in [7, 11) is 0. The molecule has 1 fully saturated rings. The van der Waals surface area contributed by atoms with Gasteiger partial charge in [-0.3, -0.25) is 4.79 Å². The third kappa shape index (κ3) is 2.76. The van der Waals surface area contributed by atoms with Gasteiger partial charge in [-0.2, -0.15) is 4.39 Å². The highest BCUT2D eigenvalue weighted by molar-refractivity contribution is 6.31. The third-order valence-corrected chi connectivity index (χ3v) is 4.38. The molecule has 5 nitrogen and oxygen atoms in total. The SMILES string of the molecule is CC1(c2nc(-c3ccnc(F)c3)[nH]c(=O)c2Cl)CCOCC1. The van der Waals surface area contributed by atoms with Crippen LogP contribution in [0.1, 0.15) is 25.5 Å². The van der Waals surface area contributed by atoms with Gasteiger partial charge in [0.1, 0.15) is 10.8 Å². The average Bonchev–Trinajstić information content (AvgIpc) is 2.50. The van der Waals surface area contributed by atoms with Gasteiger partial charge >= 0.3 is 0 Å². The summed E-state index contributed by atoms with van der Waals surface area (Å²) in [6.45, 7) is 3.21. The number of rotatable bonds is 2. The molecule has 1 saturated heterocycles. The van der Waals surface area contributed by atoms with Crippen molar-refractivity contribution in [1.29, 1.82) is 0 Å². The summed E-state index contributed by atoms with van der Waals surface area (Å²) in [6, 6.07) is 2.81. The largest absolute Gasteiger partial charge is 0.381 e. The van der Waals surface area contributed by atoms with Crippen molar-refractivity contribution in [2.45, 2.75) is 25.2 Å². The Balaban J connectivity index is 2.13. The topological polar surface area (TPSA) is 67.9 Å². The summed E-state index contributed by atoms with van der Waals surface area (Å²) in [5.74, 6) is -0.340. The van der Waals surface area contributed by atoms with Crippen LogP contribution in [0, 0.1) is 5.95 Å². The van der Waals surface area contributed by atoms with E-state index in [2.05, 4.69) is 15.0 Å². The Hall–Kier alpha value is -1.79. The molecule has 3 rings (SSSR count). The number of hydrogen-bond donors (Lipinski definition) is 1. The lowest BCUT2D eigenvalue weighted by atomic mass is 9.79. The number of pyridine rings is 1. The third-order valence-electron chi connectivity index (χ3n) is 4.03. The molecule has 1 aliphatic heterocycles. The molecule has 3 heterocycles. The minimum atomic E-state index is -0.631. The maximum atomic E-state index is 13.3. The van der Waals surface area contributed by atoms with Crippen LogP contribution in [0.25, 0.3) is 11.4 Å². The molecule has 2 aromatic heterocycles. The zero-order valence-corrected chi connectivity index (χ0v) is 12.8. The van der Waals surface area contributed by atoms with Crippen LogP contribution in [0.2, 0.25) is 5.02 Å². The van der Waals surface area contributed by atoms with Gasteiger partial charge in [0.15, 0.2) is 0 Å². The van der Waals surface area contributed by atoms with Gasteiger partial charge in [0, 0.05) is 36.5 Å². The molecule has 0 radical (unpaired) electrons. The van der Waals surface area contributed by atoms with Crippen LogP contribution in [0.3, 0.4) is 0 Å². The van der Waals surface area contributed by atoms with Crippen LogP contribution >= 0.6 is 11.6 Å². The molecular formula is C15H15ClFN3O2. The maximum absolute atomic E-state index is 13.3. The van der Waals surface area contributed by atoms with E-state index < -0.39 is 11.5 Å². The number of ether oxygens (including phenoxy) is 1. The van der Waals surface area contributed by atoms with Crippen LogP contribution in [0.4, 0.5) is 4.39 Å². The van der Waals surface area contributed by atoms with Gasteiger partial charge < -0.3 is 9.72 Å². The standard InChI is InChI=1S/C15H15ClFN3O2/c1-15(3-6-22-7-4-15)12-11(16)14(21)20-13(19-12)9-2-5-18-10(17)8-9/h2,5,8H,3-4,6-7H2,1H3,(H,19,20,21). The van der Waals surface area contributed by atoms with Crippen molar-refractivity contribution in [3.63, 3.8) is 0 Å². The molecule has 1 aliphatic rings. The van der Waals surface area contributed by atoms with Crippen LogP contribution < -0.4 is 5.56 Å². The van der Waals surface area contributed by atoms with Gasteiger partial charge in [0.05, 0.1) is 5.69 Å². The molecule has 0 bridgehead atoms. The zero-order valence-electron chi connectivity index (χ0n) is 12.0. The molecule has 22 heavy (non-hydrogen) atoms. The van der Waals surface area contributed by atoms with Crippen molar-refractivity contribution in [2.24, 2.45) is 0 Å². The van der Waals surface area contributed by atoms with Crippen LogP contribution in [0.5, 0.6) is 0 Å². The Morgan fingerprint density at radius 2 is 2.14 bits per heavy atom. The molecule has 0 aromatic carbocycles. The van der Waals surface area contributed by atoms with E-state index in [1.807, 2.05) is 6.92 Å². The number of halogens is 2. The fourth-order valence-electron chi connectivity index (χ4n) is 2.60. The Labute approximate surface area is 131 Å². The second kappa shape index (κ2) is 5.78. The van der Waals surface area contributed by atoms with Gasteiger partial charge in [0.2, 0.25) is 5.95 Å². The molecular weight excluding hydrogens is 309 g/mol. The summed E-state index contributed by atoms with van der Waals surface area (Å²) in [6.07, 6.45) is 2.79. The van der Waals surface area contributed by atoms with E-state index >= 15 is 0 Å². The lowest BCUT2D eigenvalue weighted by Crippen LogP contribution is -2.34. The first-order chi connectivity index (χ1) is 10.5. The number of nitrogens with zero attached hydrogens (tertiary/aromatic N) is 2. The summed E-state index contributed by atoms with van der Waals surface area (Å²) in [5, 5.41) is 0.0858. The molecule has 0 atom stereocenters. The summed E-state index contributed by atoms with van der Waals surface area (Å²) in [5.41, 5.74) is 0.238. The second-order valence-electron chi connectivity index (χ2n) is 5.62. The van der Waals surface area contributed by atoms with E-state index in [-0.39, 0.29) is 10.4 Å². The van der Waals surface area contributed by atoms with Crippen molar-refractivity contribution < 1.29 is 9.13 Å². The fourth-order valence-corrected chi connectivity index (χ4v) is 2.92. The Bertz CT molecular complexity index is 757. The van der Waals surface area contributed by atoms with E-state index in [0.29, 0.717) is 30.3 Å². The first kappa shape index (κ1) is 15.1. The lowest BCUT2D eigenvalue weighted by Gasteiger charge is -2.33. The molecule has 2 aromatic rings. The van der Waals surface area contributed by atoms with E-state index in [9.17, 15) is 9.18 Å². The molecule has 0 saturated carbocycles. The van der Waals surface area contributed by atoms with Crippen LogP contribution in [-0.2, 0) is 10.2 Å². The van der Waals surface area contributed by atoms with E-state index in [4.69, 9.17) is 16.3 Å². The monoisotopic (exact) mass is 323 g/mol. The Kier molecular flexibility index (Phi) is 3.97. The van der Waals surface area contributed by atoms with Crippen LogP contribution in [-0.4, -0.2) is 28.2 Å². The number of H-pyrrole nitrogens is 1. The Morgan fingerprint density at radius 1 is 1.41 bits per heavy atom. The highest BCUT2D eigenvalue weighted by atomic mass is 35.5. The summed E-state index contributed by atoms with van der Waals surface area (Å²) < 4.78 is 18.7. The number of hydrogen-bond acceptors (Lipinski definition) is 4. The normalized spacial score (nSPS) is 17.4. The van der Waals surface area contributed by atoms with Gasteiger partial charge in [0.25, 0.3) is 5.56 Å². The minimum Gasteiger partial charge on any atom is -0.381 e. The van der Waals surface area contributed by atoms with Crippen LogP contribution in [0.15, 0.2) is 23.1 Å². The van der Waals surface area contributed by atoms with Crippen molar-refractivity contribution in [1.82, 2.24) is 15.0 Å². The molecule has 116 valence electrons. The van der Waals surface area contributed by atoms with Crippen molar-refractivity contribution >= 4 is 11.6 Å². The van der Waals surface area contributed by atoms with Gasteiger partial charge in [-0.1, -0.05) is 18.5 Å². The van der Waals surface area contributed by atoms with E-state index in [1.54, 1.807) is 6.07 Å². The van der Waals surface area contributed by atoms with E-state index in [1.165, 1.54) is 12.3 Å². The number of aromatic amines is 1. The molecule has 0 amide bonds. The quantitative estimate of drug-likeness (QED) is 0.863. The molecule has 0 unspecified atom stereocenters. The van der Waals surface area contributed by atoms with Gasteiger partial charge in [-0.15, -0.1) is 0 Å². The molecule has 0 spiro atoms. The van der Waals surface area contributed by atoms with Crippen molar-refractivity contribution in [2.75, 3.05) is 13.2 Å². The maximum Gasteiger partial charge on any atom is 0.270 e. The Morgan fingerprint density at radius 3 is 2.82 bits per heavy atom. The minimum absolute atomic E-state index is 0.0858. The molecule has 1 N–H and O–H groups in total. The van der Waals surface area contributed by atoms with Gasteiger partial charge in [-0.05, 0) is 18.9 Å². The molecule has 0 aliphatic carbocycles. The predicted octanol–water partition coefficient (Wildman–Crippen LogP) is 2.69. The number of aromatic nitrogens is 3. The second-order valence-corrected chi connectivity index (χ2v) is 6.00. The highest BCUT2D eigenvalue weighted by Gasteiger charge is 2.34. The van der Waals surface area contributed by atoms with E-state index in [0.717, 1.165) is 12.8 Å². The smallest absolute Gasteiger partial charge is 0.270 e. The first-order valence-electron chi connectivity index (χ1n) is 6.99. The summed E-state index contributed by atoms with van der Waals surface area (Å²) in [4.78, 5) is 22.7. The lowest BCUT2D eigenvalue weighted by molar-refractivity contribution is 0.0550. The number of nitrogens with one attached hydrogen (secondary N) is 1. The zero-order chi connectivity index (χ0) is 15.7. The summed E-state index contributed by atoms with van der Waals surface area (Å²) >= 11 is 6.17. The molecule has 7 heteroatoms. The first-order valence-corrected chi connectivity index (χ1v) is 7.37. The average molecular weight is 324 g/mol. The highest BCUT2D eigenvalue weighted by Crippen LogP contribution is 2.36. The fraction of sp³-hybridized carbons (Fsp3) is 0.400. The predicted molar refractivity (Wildman–Crippen MR) is 80.5 cm³/mol. The van der Waals surface area contributed by atoms with Crippen molar-refractivity contribution in [3.8, 4) is 11.4 Å².